The number of halogens is 1. The number of amides is 1. The quantitative estimate of drug-likeness (QED) is 0.913. The van der Waals surface area contributed by atoms with E-state index in [9.17, 15) is 9.90 Å². The third-order valence-electron chi connectivity index (χ3n) is 2.62. The average molecular weight is 321 g/mol. The smallest absolute Gasteiger partial charge is 0.257 e. The van der Waals surface area contributed by atoms with E-state index in [1.165, 1.54) is 6.20 Å². The van der Waals surface area contributed by atoms with Gasteiger partial charge in [-0.25, -0.2) is 0 Å². The maximum atomic E-state index is 12.0. The van der Waals surface area contributed by atoms with E-state index in [-0.39, 0.29) is 5.91 Å². The average Bonchev–Trinajstić information content (AvgIpc) is 2.39. The van der Waals surface area contributed by atoms with E-state index >= 15 is 0 Å². The normalized spacial score (nSPS) is 11.9. The molecule has 0 aliphatic heterocycles. The van der Waals surface area contributed by atoms with E-state index in [0.29, 0.717) is 11.3 Å². The molecule has 1 amide bonds. The molecule has 98 valence electrons. The Morgan fingerprint density at radius 2 is 2.00 bits per heavy atom. The number of pyridine rings is 1. The number of aliphatic hydroxyl groups is 1. The summed E-state index contributed by atoms with van der Waals surface area (Å²) in [6.07, 6.45) is 2.61. The Labute approximate surface area is 119 Å². The predicted octanol–water partition coefficient (Wildman–Crippen LogP) is 3.15. The molecule has 2 N–H and O–H groups in total. The van der Waals surface area contributed by atoms with E-state index in [0.717, 1.165) is 10.0 Å². The lowest BCUT2D eigenvalue weighted by atomic mass is 10.1. The van der Waals surface area contributed by atoms with Gasteiger partial charge < -0.3 is 10.4 Å². The van der Waals surface area contributed by atoms with E-state index in [1.54, 1.807) is 43.5 Å². The first-order valence-corrected chi connectivity index (χ1v) is 6.55. The molecule has 0 spiro atoms. The highest BCUT2D eigenvalue weighted by Gasteiger charge is 2.07. The summed E-state index contributed by atoms with van der Waals surface area (Å²) in [5.74, 6) is -0.224. The highest BCUT2D eigenvalue weighted by molar-refractivity contribution is 9.10. The molecule has 0 bridgehead atoms. The largest absolute Gasteiger partial charge is 0.389 e. The molecule has 19 heavy (non-hydrogen) atoms. The van der Waals surface area contributed by atoms with Gasteiger partial charge in [0.15, 0.2) is 0 Å². The van der Waals surface area contributed by atoms with E-state index in [1.807, 2.05) is 0 Å². The zero-order valence-electron chi connectivity index (χ0n) is 10.3. The SMILES string of the molecule is C[C@@H](O)c1ccc(NC(=O)c2cncc(Br)c2)cc1. The molecule has 0 unspecified atom stereocenters. The third kappa shape index (κ3) is 3.62. The topological polar surface area (TPSA) is 62.2 Å². The van der Waals surface area contributed by atoms with Crippen molar-refractivity contribution in [2.24, 2.45) is 0 Å². The van der Waals surface area contributed by atoms with Gasteiger partial charge in [-0.15, -0.1) is 0 Å². The van der Waals surface area contributed by atoms with E-state index in [2.05, 4.69) is 26.2 Å². The maximum Gasteiger partial charge on any atom is 0.257 e. The number of carbonyl (C=O) groups is 1. The van der Waals surface area contributed by atoms with Crippen LogP contribution in [0.4, 0.5) is 5.69 Å². The van der Waals surface area contributed by atoms with E-state index < -0.39 is 6.10 Å². The van der Waals surface area contributed by atoms with Gasteiger partial charge in [-0.05, 0) is 46.6 Å². The molecule has 4 nitrogen and oxygen atoms in total. The summed E-state index contributed by atoms with van der Waals surface area (Å²) in [5.41, 5.74) is 1.96. The summed E-state index contributed by atoms with van der Waals surface area (Å²) in [7, 11) is 0. The van der Waals surface area contributed by atoms with Crippen molar-refractivity contribution in [1.82, 2.24) is 4.98 Å². The van der Waals surface area contributed by atoms with Crippen LogP contribution in [0, 0.1) is 0 Å². The van der Waals surface area contributed by atoms with Crippen molar-refractivity contribution >= 4 is 27.5 Å². The van der Waals surface area contributed by atoms with Crippen LogP contribution >= 0.6 is 15.9 Å². The van der Waals surface area contributed by atoms with Crippen molar-refractivity contribution in [3.05, 3.63) is 58.3 Å². The molecule has 2 aromatic rings. The summed E-state index contributed by atoms with van der Waals surface area (Å²) < 4.78 is 0.754. The second kappa shape index (κ2) is 5.95. The first kappa shape index (κ1) is 13.7. The van der Waals surface area contributed by atoms with Gasteiger partial charge in [-0.3, -0.25) is 9.78 Å². The molecular weight excluding hydrogens is 308 g/mol. The molecule has 0 saturated heterocycles. The molecule has 0 radical (unpaired) electrons. The number of aromatic nitrogens is 1. The number of hydrogen-bond donors (Lipinski definition) is 2. The van der Waals surface area contributed by atoms with Crippen molar-refractivity contribution < 1.29 is 9.90 Å². The fourth-order valence-corrected chi connectivity index (χ4v) is 1.95. The minimum absolute atomic E-state index is 0.224. The van der Waals surface area contributed by atoms with Gasteiger partial charge in [0.2, 0.25) is 0 Å². The number of rotatable bonds is 3. The lowest BCUT2D eigenvalue weighted by Crippen LogP contribution is -2.12. The van der Waals surface area contributed by atoms with Crippen LogP contribution in [0.5, 0.6) is 0 Å². The highest BCUT2D eigenvalue weighted by Crippen LogP contribution is 2.17. The Hall–Kier alpha value is -1.72. The summed E-state index contributed by atoms with van der Waals surface area (Å²) in [6, 6.07) is 8.77. The first-order chi connectivity index (χ1) is 9.06. The molecule has 0 aliphatic carbocycles. The zero-order valence-corrected chi connectivity index (χ0v) is 11.9. The van der Waals surface area contributed by atoms with Crippen molar-refractivity contribution in [2.45, 2.75) is 13.0 Å². The fourth-order valence-electron chi connectivity index (χ4n) is 1.58. The van der Waals surface area contributed by atoms with Gasteiger partial charge in [0, 0.05) is 22.6 Å². The molecule has 1 aromatic heterocycles. The van der Waals surface area contributed by atoms with Gasteiger partial charge >= 0.3 is 0 Å². The highest BCUT2D eigenvalue weighted by atomic mass is 79.9. The van der Waals surface area contributed by atoms with Crippen LogP contribution in [0.3, 0.4) is 0 Å². The summed E-state index contributed by atoms with van der Waals surface area (Å²) in [5, 5.41) is 12.2. The number of anilines is 1. The number of benzene rings is 1. The molecule has 1 aromatic carbocycles. The van der Waals surface area contributed by atoms with Gasteiger partial charge in [0.05, 0.1) is 11.7 Å². The van der Waals surface area contributed by atoms with Gasteiger partial charge in [-0.1, -0.05) is 12.1 Å². The Morgan fingerprint density at radius 1 is 1.32 bits per heavy atom. The Bertz CT molecular complexity index is 582. The van der Waals surface area contributed by atoms with Crippen LogP contribution in [0.15, 0.2) is 47.2 Å². The minimum atomic E-state index is -0.515. The van der Waals surface area contributed by atoms with Crippen molar-refractivity contribution in [1.29, 1.82) is 0 Å². The first-order valence-electron chi connectivity index (χ1n) is 5.76. The maximum absolute atomic E-state index is 12.0. The number of nitrogens with one attached hydrogen (secondary N) is 1. The lowest BCUT2D eigenvalue weighted by Gasteiger charge is -2.08. The fraction of sp³-hybridized carbons (Fsp3) is 0.143. The summed E-state index contributed by atoms with van der Waals surface area (Å²) in [6.45, 7) is 1.70. The third-order valence-corrected chi connectivity index (χ3v) is 3.05. The molecule has 0 aliphatic rings. The number of nitrogens with zero attached hydrogens (tertiary/aromatic N) is 1. The molecule has 5 heteroatoms. The number of hydrogen-bond acceptors (Lipinski definition) is 3. The zero-order chi connectivity index (χ0) is 13.8. The van der Waals surface area contributed by atoms with Gasteiger partial charge in [0.25, 0.3) is 5.91 Å². The Morgan fingerprint density at radius 3 is 2.58 bits per heavy atom. The van der Waals surface area contributed by atoms with Crippen LogP contribution < -0.4 is 5.32 Å². The molecule has 0 fully saturated rings. The molecule has 1 atom stereocenters. The molecule has 0 saturated carbocycles. The monoisotopic (exact) mass is 320 g/mol. The van der Waals surface area contributed by atoms with Gasteiger partial charge in [-0.2, -0.15) is 0 Å². The Balaban J connectivity index is 2.10. The van der Waals surface area contributed by atoms with Crippen molar-refractivity contribution in [3.8, 4) is 0 Å². The standard InChI is InChI=1S/C14H13BrN2O2/c1-9(18)10-2-4-13(5-3-10)17-14(19)11-6-12(15)8-16-7-11/h2-9,18H,1H3,(H,17,19)/t9-/m1/s1. The molecule has 1 heterocycles. The van der Waals surface area contributed by atoms with Crippen LogP contribution in [0.25, 0.3) is 0 Å². The number of carbonyl (C=O) groups excluding carboxylic acids is 1. The molecule has 2 rings (SSSR count). The Kier molecular flexibility index (Phi) is 4.29. The predicted molar refractivity (Wildman–Crippen MR) is 77.0 cm³/mol. The second-order valence-corrected chi connectivity index (χ2v) is 5.06. The van der Waals surface area contributed by atoms with Crippen LogP contribution in [0.2, 0.25) is 0 Å². The van der Waals surface area contributed by atoms with E-state index in [4.69, 9.17) is 0 Å². The summed E-state index contributed by atoms with van der Waals surface area (Å²) >= 11 is 3.27. The minimum Gasteiger partial charge on any atom is -0.389 e. The second-order valence-electron chi connectivity index (χ2n) is 4.14. The van der Waals surface area contributed by atoms with Crippen molar-refractivity contribution in [2.75, 3.05) is 5.32 Å². The lowest BCUT2D eigenvalue weighted by molar-refractivity contribution is 0.102. The molecular formula is C14H13BrN2O2. The summed E-state index contributed by atoms with van der Waals surface area (Å²) in [4.78, 5) is 15.9. The van der Waals surface area contributed by atoms with Gasteiger partial charge in [0.1, 0.15) is 0 Å². The van der Waals surface area contributed by atoms with Crippen molar-refractivity contribution in [3.63, 3.8) is 0 Å². The number of aliphatic hydroxyl groups excluding tert-OH is 1. The van der Waals surface area contributed by atoms with Crippen LogP contribution in [-0.2, 0) is 0 Å². The van der Waals surface area contributed by atoms with Crippen LogP contribution in [-0.4, -0.2) is 16.0 Å². The van der Waals surface area contributed by atoms with Crippen LogP contribution in [0.1, 0.15) is 28.9 Å².